The maximum atomic E-state index is 12.3. The summed E-state index contributed by atoms with van der Waals surface area (Å²) in [6.07, 6.45) is 3.30. The minimum Gasteiger partial charge on any atom is -0.310 e. The summed E-state index contributed by atoms with van der Waals surface area (Å²) < 4.78 is 27.3. The number of sulfonamides is 1. The second kappa shape index (κ2) is 6.46. The summed E-state index contributed by atoms with van der Waals surface area (Å²) in [7, 11) is -3.38. The minimum absolute atomic E-state index is 0.216. The van der Waals surface area contributed by atoms with E-state index in [9.17, 15) is 8.42 Å². The molecule has 2 rings (SSSR count). The standard InChI is InChI=1S/C16H26N2O2S/c1-4-16(9-10-16)12-18-21(19,20)15-7-5-14(6-8-15)11-17-13(2)3/h5-8,13,17-18H,4,9-12H2,1-3H3. The van der Waals surface area contributed by atoms with Gasteiger partial charge in [0.15, 0.2) is 0 Å². The quantitative estimate of drug-likeness (QED) is 0.776. The first-order valence-electron chi connectivity index (χ1n) is 7.69. The molecule has 2 N–H and O–H groups in total. The molecule has 4 nitrogen and oxygen atoms in total. The highest BCUT2D eigenvalue weighted by Crippen LogP contribution is 2.48. The van der Waals surface area contributed by atoms with E-state index in [0.717, 1.165) is 31.4 Å². The van der Waals surface area contributed by atoms with Crippen molar-refractivity contribution in [1.29, 1.82) is 0 Å². The fourth-order valence-corrected chi connectivity index (χ4v) is 3.43. The molecule has 1 aromatic rings. The van der Waals surface area contributed by atoms with E-state index in [1.807, 2.05) is 12.1 Å². The van der Waals surface area contributed by atoms with Gasteiger partial charge in [0.2, 0.25) is 10.0 Å². The first kappa shape index (κ1) is 16.5. The molecule has 1 aromatic carbocycles. The Bertz CT molecular complexity index is 560. The van der Waals surface area contributed by atoms with Gasteiger partial charge in [-0.25, -0.2) is 13.1 Å². The molecule has 21 heavy (non-hydrogen) atoms. The summed E-state index contributed by atoms with van der Waals surface area (Å²) in [6, 6.07) is 7.53. The molecule has 0 aromatic heterocycles. The number of rotatable bonds is 8. The average Bonchev–Trinajstić information content (AvgIpc) is 3.24. The third-order valence-corrected chi connectivity index (χ3v) is 5.71. The first-order chi connectivity index (χ1) is 9.87. The van der Waals surface area contributed by atoms with Crippen molar-refractivity contribution in [2.75, 3.05) is 6.54 Å². The second-order valence-corrected chi connectivity index (χ2v) is 8.12. The molecule has 0 radical (unpaired) electrons. The van der Waals surface area contributed by atoms with Gasteiger partial charge < -0.3 is 5.32 Å². The monoisotopic (exact) mass is 310 g/mol. The van der Waals surface area contributed by atoms with E-state index in [2.05, 4.69) is 30.8 Å². The van der Waals surface area contributed by atoms with Gasteiger partial charge in [0, 0.05) is 19.1 Å². The van der Waals surface area contributed by atoms with E-state index < -0.39 is 10.0 Å². The third-order valence-electron chi connectivity index (χ3n) is 4.29. The lowest BCUT2D eigenvalue weighted by Gasteiger charge is -2.14. The maximum Gasteiger partial charge on any atom is 0.240 e. The van der Waals surface area contributed by atoms with E-state index in [-0.39, 0.29) is 5.41 Å². The van der Waals surface area contributed by atoms with Gasteiger partial charge in [-0.2, -0.15) is 0 Å². The Hall–Kier alpha value is -0.910. The SMILES string of the molecule is CCC1(CNS(=O)(=O)c2ccc(CNC(C)C)cc2)CC1. The smallest absolute Gasteiger partial charge is 0.240 e. The molecular formula is C16H26N2O2S. The molecule has 0 heterocycles. The lowest BCUT2D eigenvalue weighted by atomic mass is 10.1. The molecule has 1 fully saturated rings. The number of hydrogen-bond donors (Lipinski definition) is 2. The highest BCUT2D eigenvalue weighted by molar-refractivity contribution is 7.89. The summed E-state index contributed by atoms with van der Waals surface area (Å²) >= 11 is 0. The van der Waals surface area contributed by atoms with Crippen molar-refractivity contribution in [3.05, 3.63) is 29.8 Å². The molecule has 0 aliphatic heterocycles. The van der Waals surface area contributed by atoms with Gasteiger partial charge in [0.1, 0.15) is 0 Å². The Morgan fingerprint density at radius 1 is 1.19 bits per heavy atom. The summed E-state index contributed by atoms with van der Waals surface area (Å²) in [5, 5.41) is 3.32. The van der Waals surface area contributed by atoms with Crippen LogP contribution in [0.2, 0.25) is 0 Å². The fourth-order valence-electron chi connectivity index (χ4n) is 2.27. The van der Waals surface area contributed by atoms with E-state index in [1.54, 1.807) is 12.1 Å². The van der Waals surface area contributed by atoms with Crippen molar-refractivity contribution < 1.29 is 8.42 Å². The normalized spacial score (nSPS) is 17.1. The van der Waals surface area contributed by atoms with Crippen molar-refractivity contribution in [2.45, 2.75) is 57.5 Å². The molecule has 0 unspecified atom stereocenters. The Kier molecular flexibility index (Phi) is 5.07. The van der Waals surface area contributed by atoms with Crippen LogP contribution in [0.15, 0.2) is 29.2 Å². The molecule has 1 saturated carbocycles. The first-order valence-corrected chi connectivity index (χ1v) is 9.17. The molecule has 1 aliphatic rings. The van der Waals surface area contributed by atoms with Crippen LogP contribution in [0.25, 0.3) is 0 Å². The Morgan fingerprint density at radius 3 is 2.29 bits per heavy atom. The summed E-state index contributed by atoms with van der Waals surface area (Å²) in [5.74, 6) is 0. The molecule has 5 heteroatoms. The zero-order valence-electron chi connectivity index (χ0n) is 13.1. The van der Waals surface area contributed by atoms with Crippen molar-refractivity contribution in [1.82, 2.24) is 10.0 Å². The van der Waals surface area contributed by atoms with Crippen LogP contribution in [0.4, 0.5) is 0 Å². The highest BCUT2D eigenvalue weighted by atomic mass is 32.2. The van der Waals surface area contributed by atoms with Gasteiger partial charge in [-0.15, -0.1) is 0 Å². The number of nitrogens with one attached hydrogen (secondary N) is 2. The Balaban J connectivity index is 1.96. The van der Waals surface area contributed by atoms with Crippen LogP contribution in [-0.2, 0) is 16.6 Å². The molecular weight excluding hydrogens is 284 g/mol. The van der Waals surface area contributed by atoms with Crippen LogP contribution in [-0.4, -0.2) is 21.0 Å². The average molecular weight is 310 g/mol. The highest BCUT2D eigenvalue weighted by Gasteiger charge is 2.41. The topological polar surface area (TPSA) is 58.2 Å². The van der Waals surface area contributed by atoms with Gasteiger partial charge in [-0.1, -0.05) is 32.9 Å². The molecule has 0 atom stereocenters. The van der Waals surface area contributed by atoms with Crippen LogP contribution in [0.1, 0.15) is 45.6 Å². The fraction of sp³-hybridized carbons (Fsp3) is 0.625. The molecule has 118 valence electrons. The van der Waals surface area contributed by atoms with Crippen molar-refractivity contribution in [3.63, 3.8) is 0 Å². The number of hydrogen-bond acceptors (Lipinski definition) is 3. The lowest BCUT2D eigenvalue weighted by molar-refractivity contribution is 0.475. The summed E-state index contributed by atoms with van der Waals surface area (Å²) in [5.41, 5.74) is 1.31. The molecule has 1 aliphatic carbocycles. The largest absolute Gasteiger partial charge is 0.310 e. The van der Waals surface area contributed by atoms with Gasteiger partial charge >= 0.3 is 0 Å². The second-order valence-electron chi connectivity index (χ2n) is 6.36. The van der Waals surface area contributed by atoms with Gasteiger partial charge in [-0.05, 0) is 42.4 Å². The Labute approximate surface area is 128 Å². The predicted octanol–water partition coefficient (Wildman–Crippen LogP) is 2.65. The van der Waals surface area contributed by atoms with Gasteiger partial charge in [0.25, 0.3) is 0 Å². The zero-order valence-corrected chi connectivity index (χ0v) is 14.0. The maximum absolute atomic E-state index is 12.3. The van der Waals surface area contributed by atoms with Crippen LogP contribution < -0.4 is 10.0 Å². The predicted molar refractivity (Wildman–Crippen MR) is 85.6 cm³/mol. The van der Waals surface area contributed by atoms with Crippen LogP contribution in [0.3, 0.4) is 0 Å². The van der Waals surface area contributed by atoms with E-state index in [0.29, 0.717) is 17.5 Å². The van der Waals surface area contributed by atoms with Crippen LogP contribution in [0, 0.1) is 5.41 Å². The van der Waals surface area contributed by atoms with Crippen LogP contribution in [0.5, 0.6) is 0 Å². The van der Waals surface area contributed by atoms with E-state index >= 15 is 0 Å². The molecule has 0 saturated heterocycles. The van der Waals surface area contributed by atoms with Crippen molar-refractivity contribution >= 4 is 10.0 Å². The van der Waals surface area contributed by atoms with Crippen molar-refractivity contribution in [3.8, 4) is 0 Å². The van der Waals surface area contributed by atoms with E-state index in [4.69, 9.17) is 0 Å². The third kappa shape index (κ3) is 4.53. The number of benzene rings is 1. The van der Waals surface area contributed by atoms with Gasteiger partial charge in [0.05, 0.1) is 4.90 Å². The van der Waals surface area contributed by atoms with Gasteiger partial charge in [-0.3, -0.25) is 0 Å². The minimum atomic E-state index is -3.38. The Morgan fingerprint density at radius 2 is 1.81 bits per heavy atom. The summed E-state index contributed by atoms with van der Waals surface area (Å²) in [6.45, 7) is 7.61. The van der Waals surface area contributed by atoms with E-state index in [1.165, 1.54) is 0 Å². The van der Waals surface area contributed by atoms with Crippen molar-refractivity contribution in [2.24, 2.45) is 5.41 Å². The van der Waals surface area contributed by atoms with Crippen LogP contribution >= 0.6 is 0 Å². The molecule has 0 amide bonds. The lowest BCUT2D eigenvalue weighted by Crippen LogP contribution is -2.30. The zero-order chi connectivity index (χ0) is 15.5. The summed E-state index contributed by atoms with van der Waals surface area (Å²) in [4.78, 5) is 0.350. The molecule has 0 bridgehead atoms. The molecule has 0 spiro atoms.